The first-order valence-electron chi connectivity index (χ1n) is 8.74. The van der Waals surface area contributed by atoms with Crippen LogP contribution in [-0.2, 0) is 4.79 Å². The number of carbonyl (C=O) groups excluding carboxylic acids is 1. The molecule has 0 aliphatic carbocycles. The number of carbonyl (C=O) groups is 1. The number of halogens is 2. The molecule has 0 unspecified atom stereocenters. The van der Waals surface area contributed by atoms with E-state index >= 15 is 0 Å². The van der Waals surface area contributed by atoms with Crippen molar-refractivity contribution >= 4 is 35.1 Å². The maximum Gasteiger partial charge on any atom is 0.282 e. The molecular formula is C23H16ClFN2O. The van der Waals surface area contributed by atoms with Crippen LogP contribution in [0.4, 0.5) is 10.1 Å². The number of nitrogens with zero attached hydrogens (tertiary/aromatic N) is 2. The predicted molar refractivity (Wildman–Crippen MR) is 111 cm³/mol. The molecule has 3 nitrogen and oxygen atoms in total. The molecule has 1 aliphatic rings. The number of hydrogen-bond acceptors (Lipinski definition) is 2. The summed E-state index contributed by atoms with van der Waals surface area (Å²) < 4.78 is 13.4. The number of amidine groups is 1. The van der Waals surface area contributed by atoms with Crippen molar-refractivity contribution in [2.75, 3.05) is 4.90 Å². The van der Waals surface area contributed by atoms with Crippen molar-refractivity contribution in [2.24, 2.45) is 4.99 Å². The summed E-state index contributed by atoms with van der Waals surface area (Å²) in [5.74, 6) is -0.116. The lowest BCUT2D eigenvalue weighted by molar-refractivity contribution is -0.113. The van der Waals surface area contributed by atoms with Gasteiger partial charge in [-0.15, -0.1) is 0 Å². The second kappa shape index (κ2) is 7.41. The van der Waals surface area contributed by atoms with E-state index in [1.54, 1.807) is 30.3 Å². The quantitative estimate of drug-likeness (QED) is 0.534. The Morgan fingerprint density at radius 1 is 0.929 bits per heavy atom. The molecule has 3 aromatic rings. The normalized spacial score (nSPS) is 15.2. The summed E-state index contributed by atoms with van der Waals surface area (Å²) in [6.45, 7) is 2.00. The lowest BCUT2D eigenvalue weighted by Gasteiger charge is -2.18. The van der Waals surface area contributed by atoms with Crippen LogP contribution in [0.5, 0.6) is 0 Å². The van der Waals surface area contributed by atoms with Gasteiger partial charge in [0.25, 0.3) is 5.91 Å². The fourth-order valence-electron chi connectivity index (χ4n) is 2.96. The van der Waals surface area contributed by atoms with Crippen molar-refractivity contribution in [3.05, 3.63) is 106 Å². The Kier molecular flexibility index (Phi) is 4.80. The first-order valence-corrected chi connectivity index (χ1v) is 9.12. The molecule has 0 saturated heterocycles. The van der Waals surface area contributed by atoms with E-state index in [4.69, 9.17) is 11.6 Å². The number of hydrogen-bond donors (Lipinski definition) is 0. The van der Waals surface area contributed by atoms with Crippen LogP contribution in [0.15, 0.2) is 83.5 Å². The van der Waals surface area contributed by atoms with Gasteiger partial charge in [-0.1, -0.05) is 53.6 Å². The van der Waals surface area contributed by atoms with Crippen LogP contribution >= 0.6 is 11.6 Å². The van der Waals surface area contributed by atoms with E-state index in [1.165, 1.54) is 17.0 Å². The molecular weight excluding hydrogens is 375 g/mol. The monoisotopic (exact) mass is 390 g/mol. The zero-order valence-electron chi connectivity index (χ0n) is 15.1. The third kappa shape index (κ3) is 3.59. The Bertz CT molecular complexity index is 1080. The fourth-order valence-corrected chi connectivity index (χ4v) is 3.09. The van der Waals surface area contributed by atoms with E-state index in [0.717, 1.165) is 16.7 Å². The summed E-state index contributed by atoms with van der Waals surface area (Å²) in [6, 6.07) is 20.7. The van der Waals surface area contributed by atoms with Crippen LogP contribution in [0.3, 0.4) is 0 Å². The molecule has 1 amide bonds. The molecule has 0 spiro atoms. The molecule has 5 heteroatoms. The van der Waals surface area contributed by atoms with Crippen LogP contribution in [-0.4, -0.2) is 11.7 Å². The summed E-state index contributed by atoms with van der Waals surface area (Å²) in [4.78, 5) is 19.2. The first-order chi connectivity index (χ1) is 13.5. The zero-order valence-corrected chi connectivity index (χ0v) is 15.8. The van der Waals surface area contributed by atoms with Crippen molar-refractivity contribution in [3.8, 4) is 0 Å². The molecule has 3 aromatic carbocycles. The molecule has 0 bridgehead atoms. The van der Waals surface area contributed by atoms with E-state index in [1.807, 2.05) is 43.3 Å². The maximum atomic E-state index is 13.4. The van der Waals surface area contributed by atoms with Gasteiger partial charge in [-0.25, -0.2) is 9.38 Å². The second-order valence-electron chi connectivity index (χ2n) is 6.50. The first kappa shape index (κ1) is 18.1. The van der Waals surface area contributed by atoms with E-state index in [2.05, 4.69) is 4.99 Å². The van der Waals surface area contributed by atoms with Gasteiger partial charge in [-0.3, -0.25) is 9.69 Å². The second-order valence-corrected chi connectivity index (χ2v) is 6.94. The average Bonchev–Trinajstić information content (AvgIpc) is 3.01. The smallest absolute Gasteiger partial charge is 0.266 e. The molecule has 0 aromatic heterocycles. The third-order valence-electron chi connectivity index (χ3n) is 4.43. The predicted octanol–water partition coefficient (Wildman–Crippen LogP) is 5.62. The van der Waals surface area contributed by atoms with Gasteiger partial charge in [-0.05, 0) is 55.0 Å². The highest BCUT2D eigenvalue weighted by atomic mass is 35.5. The Labute approximate surface area is 167 Å². The molecule has 0 fully saturated rings. The van der Waals surface area contributed by atoms with Crippen LogP contribution in [0.2, 0.25) is 5.02 Å². The van der Waals surface area contributed by atoms with Gasteiger partial charge in [-0.2, -0.15) is 0 Å². The SMILES string of the molecule is Cc1ccc(C2=N/C(=C/c3ccc(Cl)cc3)C(=O)N2c2ccc(F)cc2)cc1. The van der Waals surface area contributed by atoms with Crippen molar-refractivity contribution in [1.82, 2.24) is 0 Å². The van der Waals surface area contributed by atoms with Crippen LogP contribution in [0.1, 0.15) is 16.7 Å². The highest BCUT2D eigenvalue weighted by Crippen LogP contribution is 2.28. The van der Waals surface area contributed by atoms with Gasteiger partial charge in [0.2, 0.25) is 0 Å². The van der Waals surface area contributed by atoms with Gasteiger partial charge in [0.1, 0.15) is 17.3 Å². The minimum atomic E-state index is -0.360. The molecule has 0 radical (unpaired) electrons. The minimum absolute atomic E-state index is 0.267. The standard InChI is InChI=1S/C23H16ClFN2O/c1-15-2-6-17(7-3-15)22-26-21(14-16-4-8-18(24)9-5-16)23(28)27(22)20-12-10-19(25)11-13-20/h2-14H,1H3/b21-14+. The number of benzene rings is 3. The molecule has 1 aliphatic heterocycles. The average molecular weight is 391 g/mol. The topological polar surface area (TPSA) is 32.7 Å². The van der Waals surface area contributed by atoms with E-state index < -0.39 is 0 Å². The lowest BCUT2D eigenvalue weighted by atomic mass is 10.1. The van der Waals surface area contributed by atoms with E-state index in [9.17, 15) is 9.18 Å². The highest BCUT2D eigenvalue weighted by molar-refractivity contribution is 6.33. The summed E-state index contributed by atoms with van der Waals surface area (Å²) in [7, 11) is 0. The molecule has 4 rings (SSSR count). The van der Waals surface area contributed by atoms with Crippen LogP contribution in [0, 0.1) is 12.7 Å². The zero-order chi connectivity index (χ0) is 19.7. The summed E-state index contributed by atoms with van der Waals surface area (Å²) in [6.07, 6.45) is 1.72. The largest absolute Gasteiger partial charge is 0.282 e. The fraction of sp³-hybridized carbons (Fsp3) is 0.0435. The van der Waals surface area contributed by atoms with Crippen LogP contribution in [0.25, 0.3) is 6.08 Å². The van der Waals surface area contributed by atoms with Crippen molar-refractivity contribution in [2.45, 2.75) is 6.92 Å². The molecule has 0 N–H and O–H groups in total. The molecule has 28 heavy (non-hydrogen) atoms. The van der Waals surface area contributed by atoms with Crippen LogP contribution < -0.4 is 4.90 Å². The van der Waals surface area contributed by atoms with Crippen molar-refractivity contribution in [1.29, 1.82) is 0 Å². The number of rotatable bonds is 3. The molecule has 0 saturated carbocycles. The number of aliphatic imine (C=N–C) groups is 1. The third-order valence-corrected chi connectivity index (χ3v) is 4.68. The summed E-state index contributed by atoms with van der Waals surface area (Å²) in [5, 5.41) is 0.622. The Morgan fingerprint density at radius 2 is 1.57 bits per heavy atom. The van der Waals surface area contributed by atoms with Gasteiger partial charge in [0, 0.05) is 10.6 Å². The number of amides is 1. The lowest BCUT2D eigenvalue weighted by Crippen LogP contribution is -2.32. The maximum absolute atomic E-state index is 13.4. The minimum Gasteiger partial charge on any atom is -0.266 e. The number of aryl methyl sites for hydroxylation is 1. The van der Waals surface area contributed by atoms with Gasteiger partial charge >= 0.3 is 0 Å². The number of anilines is 1. The van der Waals surface area contributed by atoms with Gasteiger partial charge in [0.05, 0.1) is 5.69 Å². The van der Waals surface area contributed by atoms with Crippen molar-refractivity contribution in [3.63, 3.8) is 0 Å². The van der Waals surface area contributed by atoms with E-state index in [-0.39, 0.29) is 11.7 Å². The summed E-state index contributed by atoms with van der Waals surface area (Å²) >= 11 is 5.93. The van der Waals surface area contributed by atoms with Gasteiger partial charge in [0.15, 0.2) is 0 Å². The van der Waals surface area contributed by atoms with Gasteiger partial charge < -0.3 is 0 Å². The molecule has 138 valence electrons. The van der Waals surface area contributed by atoms with E-state index in [0.29, 0.717) is 22.2 Å². The Balaban J connectivity index is 1.81. The molecule has 1 heterocycles. The Hall–Kier alpha value is -3.24. The van der Waals surface area contributed by atoms with Crippen molar-refractivity contribution < 1.29 is 9.18 Å². The summed E-state index contributed by atoms with van der Waals surface area (Å²) in [5.41, 5.74) is 3.61. The Morgan fingerprint density at radius 3 is 2.21 bits per heavy atom. The highest BCUT2D eigenvalue weighted by Gasteiger charge is 2.32. The molecule has 0 atom stereocenters.